The van der Waals surface area contributed by atoms with Crippen LogP contribution in [0.1, 0.15) is 58.4 Å². The SMILES string of the molecule is CC(C)(C)c1ccc(-c2nnc(SCC(=O)NCC3CCCCC3)n2N)cc1. The first-order valence-electron chi connectivity index (χ1n) is 10.1. The summed E-state index contributed by atoms with van der Waals surface area (Å²) in [7, 11) is 0. The summed E-state index contributed by atoms with van der Waals surface area (Å²) in [6.07, 6.45) is 6.34. The third-order valence-corrected chi connectivity index (χ3v) is 6.26. The standard InChI is InChI=1S/C21H31N5OS/c1-21(2,3)17-11-9-16(10-12-17)19-24-25-20(26(19)22)28-14-18(27)23-13-15-7-5-4-6-8-15/h9-12,15H,4-8,13-14,22H2,1-3H3,(H,23,27). The van der Waals surface area contributed by atoms with Crippen LogP contribution in [0.2, 0.25) is 0 Å². The maximum atomic E-state index is 12.1. The fraction of sp³-hybridized carbons (Fsp3) is 0.571. The van der Waals surface area contributed by atoms with E-state index < -0.39 is 0 Å². The number of nitrogens with zero attached hydrogens (tertiary/aromatic N) is 3. The highest BCUT2D eigenvalue weighted by Gasteiger charge is 2.17. The summed E-state index contributed by atoms with van der Waals surface area (Å²) in [4.78, 5) is 12.1. The summed E-state index contributed by atoms with van der Waals surface area (Å²) in [6.45, 7) is 7.32. The van der Waals surface area contributed by atoms with Gasteiger partial charge in [0.25, 0.3) is 0 Å². The summed E-state index contributed by atoms with van der Waals surface area (Å²) < 4.78 is 1.46. The number of carbonyl (C=O) groups excluding carboxylic acids is 1. The molecule has 1 aliphatic rings. The highest BCUT2D eigenvalue weighted by Crippen LogP contribution is 2.26. The Kier molecular flexibility index (Phi) is 6.65. The first-order chi connectivity index (χ1) is 13.3. The van der Waals surface area contributed by atoms with Crippen molar-refractivity contribution in [2.75, 3.05) is 18.1 Å². The van der Waals surface area contributed by atoms with Crippen molar-refractivity contribution in [1.82, 2.24) is 20.2 Å². The smallest absolute Gasteiger partial charge is 0.230 e. The monoisotopic (exact) mass is 401 g/mol. The van der Waals surface area contributed by atoms with Crippen LogP contribution < -0.4 is 11.2 Å². The molecule has 3 N–H and O–H groups in total. The van der Waals surface area contributed by atoms with Gasteiger partial charge >= 0.3 is 0 Å². The van der Waals surface area contributed by atoms with E-state index in [1.807, 2.05) is 12.1 Å². The third-order valence-electron chi connectivity index (χ3n) is 5.32. The highest BCUT2D eigenvalue weighted by molar-refractivity contribution is 7.99. The molecule has 152 valence electrons. The lowest BCUT2D eigenvalue weighted by molar-refractivity contribution is -0.118. The maximum absolute atomic E-state index is 12.1. The minimum atomic E-state index is 0.0228. The van der Waals surface area contributed by atoms with Gasteiger partial charge in [-0.1, -0.05) is 76.1 Å². The van der Waals surface area contributed by atoms with Crippen LogP contribution in [0.15, 0.2) is 29.4 Å². The first-order valence-corrected chi connectivity index (χ1v) is 11.0. The average Bonchev–Trinajstić information content (AvgIpc) is 3.05. The van der Waals surface area contributed by atoms with Gasteiger partial charge in [-0.25, -0.2) is 4.68 Å². The van der Waals surface area contributed by atoms with Crippen LogP contribution in [-0.2, 0) is 10.2 Å². The molecular formula is C21H31N5OS. The number of aromatic nitrogens is 3. The Morgan fingerprint density at radius 1 is 1.18 bits per heavy atom. The molecule has 3 rings (SSSR count). The molecule has 1 fully saturated rings. The normalized spacial score (nSPS) is 15.5. The quantitative estimate of drug-likeness (QED) is 0.569. The maximum Gasteiger partial charge on any atom is 0.230 e. The molecule has 0 aliphatic heterocycles. The molecule has 0 radical (unpaired) electrons. The van der Waals surface area contributed by atoms with Gasteiger partial charge in [-0.2, -0.15) is 0 Å². The van der Waals surface area contributed by atoms with Crippen LogP contribution in [-0.4, -0.2) is 33.1 Å². The molecule has 0 unspecified atom stereocenters. The summed E-state index contributed by atoms with van der Waals surface area (Å²) in [5.74, 6) is 7.73. The Hall–Kier alpha value is -2.02. The van der Waals surface area contributed by atoms with Crippen molar-refractivity contribution in [1.29, 1.82) is 0 Å². The Bertz CT molecular complexity index is 788. The molecule has 0 spiro atoms. The Labute approximate surface area is 171 Å². The second-order valence-electron chi connectivity index (χ2n) is 8.60. The average molecular weight is 402 g/mol. The highest BCUT2D eigenvalue weighted by atomic mass is 32.2. The number of amides is 1. The molecule has 1 saturated carbocycles. The van der Waals surface area contributed by atoms with Gasteiger partial charge in [-0.3, -0.25) is 4.79 Å². The van der Waals surface area contributed by atoms with Gasteiger partial charge in [-0.05, 0) is 29.7 Å². The zero-order valence-corrected chi connectivity index (χ0v) is 17.9. The molecule has 6 nitrogen and oxygen atoms in total. The summed E-state index contributed by atoms with van der Waals surface area (Å²) in [5, 5.41) is 12.0. The topological polar surface area (TPSA) is 85.8 Å². The van der Waals surface area contributed by atoms with Gasteiger partial charge in [0.15, 0.2) is 5.82 Å². The van der Waals surface area contributed by atoms with E-state index in [0.717, 1.165) is 12.1 Å². The van der Waals surface area contributed by atoms with Crippen molar-refractivity contribution in [3.63, 3.8) is 0 Å². The van der Waals surface area contributed by atoms with Gasteiger partial charge in [0, 0.05) is 12.1 Å². The number of nitrogen functional groups attached to an aromatic ring is 1. The van der Waals surface area contributed by atoms with E-state index >= 15 is 0 Å². The summed E-state index contributed by atoms with van der Waals surface area (Å²) >= 11 is 1.32. The lowest BCUT2D eigenvalue weighted by Gasteiger charge is -2.21. The Balaban J connectivity index is 1.55. The lowest BCUT2D eigenvalue weighted by Crippen LogP contribution is -2.31. The minimum absolute atomic E-state index is 0.0228. The molecule has 1 aromatic carbocycles. The zero-order valence-electron chi connectivity index (χ0n) is 17.1. The van der Waals surface area contributed by atoms with Crippen LogP contribution in [0, 0.1) is 5.92 Å². The second-order valence-corrected chi connectivity index (χ2v) is 9.54. The number of hydrogen-bond acceptors (Lipinski definition) is 5. The fourth-order valence-corrected chi connectivity index (χ4v) is 4.21. The molecule has 28 heavy (non-hydrogen) atoms. The van der Waals surface area contributed by atoms with Gasteiger partial charge in [0.05, 0.1) is 5.75 Å². The van der Waals surface area contributed by atoms with Crippen LogP contribution in [0.4, 0.5) is 0 Å². The Morgan fingerprint density at radius 2 is 1.86 bits per heavy atom. The minimum Gasteiger partial charge on any atom is -0.355 e. The van der Waals surface area contributed by atoms with Gasteiger partial charge < -0.3 is 11.2 Å². The van der Waals surface area contributed by atoms with Crippen molar-refractivity contribution >= 4 is 17.7 Å². The number of nitrogens with one attached hydrogen (secondary N) is 1. The number of carbonyl (C=O) groups is 1. The lowest BCUT2D eigenvalue weighted by atomic mass is 9.87. The van der Waals surface area contributed by atoms with Crippen LogP contribution >= 0.6 is 11.8 Å². The van der Waals surface area contributed by atoms with Gasteiger partial charge in [0.1, 0.15) is 0 Å². The molecule has 0 saturated heterocycles. The second kappa shape index (κ2) is 8.99. The van der Waals surface area contributed by atoms with Crippen molar-refractivity contribution < 1.29 is 4.79 Å². The Morgan fingerprint density at radius 3 is 2.50 bits per heavy atom. The van der Waals surface area contributed by atoms with Gasteiger partial charge in [0.2, 0.25) is 11.1 Å². The van der Waals surface area contributed by atoms with E-state index in [0.29, 0.717) is 22.7 Å². The van der Waals surface area contributed by atoms with E-state index in [2.05, 4.69) is 48.4 Å². The van der Waals surface area contributed by atoms with Crippen LogP contribution in [0.5, 0.6) is 0 Å². The number of benzene rings is 1. The molecule has 0 bridgehead atoms. The number of thioether (sulfide) groups is 1. The van der Waals surface area contributed by atoms with Crippen molar-refractivity contribution in [2.45, 2.75) is 63.4 Å². The van der Waals surface area contributed by atoms with E-state index in [1.165, 1.54) is 54.1 Å². The molecule has 1 amide bonds. The van der Waals surface area contributed by atoms with E-state index in [1.54, 1.807) is 0 Å². The van der Waals surface area contributed by atoms with E-state index in [-0.39, 0.29) is 11.3 Å². The molecular weight excluding hydrogens is 370 g/mol. The molecule has 1 aliphatic carbocycles. The van der Waals surface area contributed by atoms with Crippen molar-refractivity contribution in [2.24, 2.45) is 5.92 Å². The largest absolute Gasteiger partial charge is 0.355 e. The molecule has 2 aromatic rings. The fourth-order valence-electron chi connectivity index (χ4n) is 3.52. The zero-order chi connectivity index (χ0) is 20.1. The first kappa shape index (κ1) is 20.7. The van der Waals surface area contributed by atoms with Crippen LogP contribution in [0.3, 0.4) is 0 Å². The van der Waals surface area contributed by atoms with Crippen molar-refractivity contribution in [3.8, 4) is 11.4 Å². The number of rotatable bonds is 6. The predicted octanol–water partition coefficient (Wildman–Crippen LogP) is 3.75. The third kappa shape index (κ3) is 5.28. The van der Waals surface area contributed by atoms with E-state index in [9.17, 15) is 4.79 Å². The van der Waals surface area contributed by atoms with Crippen molar-refractivity contribution in [3.05, 3.63) is 29.8 Å². The number of hydrogen-bond donors (Lipinski definition) is 2. The molecule has 1 aromatic heterocycles. The number of nitrogens with two attached hydrogens (primary N) is 1. The van der Waals surface area contributed by atoms with Crippen LogP contribution in [0.25, 0.3) is 11.4 Å². The summed E-state index contributed by atoms with van der Waals surface area (Å²) in [5.41, 5.74) is 2.26. The summed E-state index contributed by atoms with van der Waals surface area (Å²) in [6, 6.07) is 8.21. The molecule has 7 heteroatoms. The predicted molar refractivity (Wildman–Crippen MR) is 115 cm³/mol. The molecule has 0 atom stereocenters. The molecule has 1 heterocycles. The van der Waals surface area contributed by atoms with Gasteiger partial charge in [-0.15, -0.1) is 10.2 Å². The van der Waals surface area contributed by atoms with E-state index in [4.69, 9.17) is 5.84 Å².